The van der Waals surface area contributed by atoms with Crippen LogP contribution in [0.3, 0.4) is 0 Å². The van der Waals surface area contributed by atoms with Gasteiger partial charge in [-0.05, 0) is 39.0 Å². The van der Waals surface area contributed by atoms with E-state index in [1.54, 1.807) is 37.5 Å². The lowest BCUT2D eigenvalue weighted by atomic mass is 10.1. The van der Waals surface area contributed by atoms with Crippen molar-refractivity contribution in [3.8, 4) is 5.82 Å². The number of hydrogen-bond donors (Lipinski definition) is 1. The summed E-state index contributed by atoms with van der Waals surface area (Å²) in [7, 11) is -4.08. The lowest BCUT2D eigenvalue weighted by Crippen LogP contribution is -2.15. The minimum atomic E-state index is -4.08. The summed E-state index contributed by atoms with van der Waals surface area (Å²) in [5.74, 6) is -0.632. The Labute approximate surface area is 159 Å². The molecule has 0 radical (unpaired) electrons. The number of aromatic nitrogens is 2. The summed E-state index contributed by atoms with van der Waals surface area (Å²) in [6, 6.07) is 5.52. The number of Topliss-reactive ketones (excluding diaryl/α,β-unsaturated/α-hetero) is 1. The van der Waals surface area contributed by atoms with Gasteiger partial charge in [0.1, 0.15) is 5.76 Å². The van der Waals surface area contributed by atoms with Crippen molar-refractivity contribution in [2.75, 3.05) is 6.61 Å². The van der Waals surface area contributed by atoms with Crippen molar-refractivity contribution in [3.05, 3.63) is 52.7 Å². The lowest BCUT2D eigenvalue weighted by Gasteiger charge is -2.05. The zero-order valence-electron chi connectivity index (χ0n) is 15.3. The molecule has 0 saturated carbocycles. The molecule has 0 aromatic carbocycles. The summed E-state index contributed by atoms with van der Waals surface area (Å²) in [5.41, 5.74) is 1.72. The Morgan fingerprint density at radius 1 is 1.21 bits per heavy atom. The topological polar surface area (TPSA) is 148 Å². The van der Waals surface area contributed by atoms with E-state index in [4.69, 9.17) is 18.8 Å². The third-order valence-corrected chi connectivity index (χ3v) is 4.75. The van der Waals surface area contributed by atoms with Gasteiger partial charge in [-0.15, -0.1) is 0 Å². The van der Waals surface area contributed by atoms with Gasteiger partial charge >= 0.3 is 5.97 Å². The summed E-state index contributed by atoms with van der Waals surface area (Å²) in [6.07, 6.45) is 0. The summed E-state index contributed by atoms with van der Waals surface area (Å²) in [4.78, 5) is 24.5. The fourth-order valence-electron chi connectivity index (χ4n) is 2.72. The van der Waals surface area contributed by atoms with Crippen molar-refractivity contribution in [3.63, 3.8) is 0 Å². The fraction of sp³-hybridized carbons (Fsp3) is 0.235. The van der Waals surface area contributed by atoms with E-state index in [1.165, 1.54) is 0 Å². The number of sulfonamides is 1. The van der Waals surface area contributed by atoms with Crippen LogP contribution in [0.1, 0.15) is 38.1 Å². The molecule has 11 heteroatoms. The molecule has 0 bridgehead atoms. The molecule has 0 aliphatic heterocycles. The van der Waals surface area contributed by atoms with E-state index in [2.05, 4.69) is 5.16 Å². The molecule has 3 rings (SSSR count). The molecule has 0 aliphatic carbocycles. The normalized spacial score (nSPS) is 11.6. The molecule has 0 unspecified atom stereocenters. The predicted octanol–water partition coefficient (Wildman–Crippen LogP) is 1.67. The van der Waals surface area contributed by atoms with Crippen LogP contribution in [0.2, 0.25) is 0 Å². The van der Waals surface area contributed by atoms with Crippen molar-refractivity contribution in [2.45, 2.75) is 25.9 Å². The Bertz CT molecular complexity index is 1170. The van der Waals surface area contributed by atoms with Gasteiger partial charge in [0.15, 0.2) is 12.4 Å². The molecule has 0 aliphatic rings. The number of nitrogens with two attached hydrogens (primary N) is 1. The molecule has 10 nitrogen and oxygen atoms in total. The first-order chi connectivity index (χ1) is 13.1. The Balaban J connectivity index is 1.73. The maximum Gasteiger partial charge on any atom is 0.374 e. The van der Waals surface area contributed by atoms with Gasteiger partial charge in [-0.2, -0.15) is 0 Å². The number of carbonyl (C=O) groups is 2. The molecule has 0 saturated heterocycles. The Morgan fingerprint density at radius 2 is 1.93 bits per heavy atom. The van der Waals surface area contributed by atoms with Crippen molar-refractivity contribution in [1.29, 1.82) is 0 Å². The van der Waals surface area contributed by atoms with Crippen LogP contribution in [0, 0.1) is 20.8 Å². The average Bonchev–Trinajstić information content (AvgIpc) is 3.31. The number of nitrogens with zero attached hydrogens (tertiary/aromatic N) is 2. The molecule has 3 aromatic rings. The molecule has 28 heavy (non-hydrogen) atoms. The van der Waals surface area contributed by atoms with Crippen LogP contribution in [-0.4, -0.2) is 36.5 Å². The fourth-order valence-corrected chi connectivity index (χ4v) is 3.18. The highest BCUT2D eigenvalue weighted by molar-refractivity contribution is 7.89. The Hall–Kier alpha value is -3.18. The van der Waals surface area contributed by atoms with Crippen molar-refractivity contribution in [1.82, 2.24) is 9.72 Å². The molecule has 0 atom stereocenters. The average molecular weight is 407 g/mol. The van der Waals surface area contributed by atoms with E-state index in [1.807, 2.05) is 0 Å². The lowest BCUT2D eigenvalue weighted by molar-refractivity contribution is 0.0438. The standard InChI is InChI=1S/C17H17N3O7S/c1-9-6-12(11(3)20(9)15-7-10(2)27-19-15)13(21)8-25-17(22)14-4-5-16(26-14)28(18,23)24/h4-7H,8H2,1-3H3,(H2,18,23,24). The van der Waals surface area contributed by atoms with Crippen molar-refractivity contribution >= 4 is 21.8 Å². The minimum absolute atomic E-state index is 0.357. The van der Waals surface area contributed by atoms with Crippen molar-refractivity contribution < 1.29 is 31.7 Å². The van der Waals surface area contributed by atoms with E-state index >= 15 is 0 Å². The smallest absolute Gasteiger partial charge is 0.374 e. The number of esters is 1. The second-order valence-electron chi connectivity index (χ2n) is 6.08. The minimum Gasteiger partial charge on any atom is -0.451 e. The Kier molecular flexibility index (Phi) is 4.96. The monoisotopic (exact) mass is 407 g/mol. The second kappa shape index (κ2) is 7.09. The van der Waals surface area contributed by atoms with Gasteiger partial charge in [0, 0.05) is 23.0 Å². The molecule has 3 aromatic heterocycles. The molecular weight excluding hydrogens is 390 g/mol. The first-order valence-corrected chi connectivity index (χ1v) is 9.58. The SMILES string of the molecule is Cc1cc(-n2c(C)cc(C(=O)COC(=O)c3ccc(S(N)(=O)=O)o3)c2C)no1. The largest absolute Gasteiger partial charge is 0.451 e. The van der Waals surface area contributed by atoms with Crippen LogP contribution in [0.25, 0.3) is 5.82 Å². The number of ether oxygens (including phenoxy) is 1. The Morgan fingerprint density at radius 3 is 2.50 bits per heavy atom. The number of furan rings is 1. The number of carbonyl (C=O) groups excluding carboxylic acids is 2. The third-order valence-electron chi connectivity index (χ3n) is 3.97. The molecule has 2 N–H and O–H groups in total. The maximum atomic E-state index is 12.5. The quantitative estimate of drug-likeness (QED) is 0.479. The first kappa shape index (κ1) is 19.6. The zero-order valence-corrected chi connectivity index (χ0v) is 16.1. The van der Waals surface area contributed by atoms with E-state index in [9.17, 15) is 18.0 Å². The van der Waals surface area contributed by atoms with Crippen LogP contribution in [0.5, 0.6) is 0 Å². The summed E-state index contributed by atoms with van der Waals surface area (Å²) < 4.78 is 38.9. The van der Waals surface area contributed by atoms with Gasteiger partial charge in [-0.25, -0.2) is 18.4 Å². The van der Waals surface area contributed by atoms with E-state index < -0.39 is 33.5 Å². The molecule has 3 heterocycles. The first-order valence-electron chi connectivity index (χ1n) is 8.03. The summed E-state index contributed by atoms with van der Waals surface area (Å²) in [5, 5.41) is 8.27. The molecule has 148 valence electrons. The molecule has 0 amide bonds. The van der Waals surface area contributed by atoms with Gasteiger partial charge in [0.25, 0.3) is 10.0 Å². The molecule has 0 fully saturated rings. The molecular formula is C17H17N3O7S. The number of aryl methyl sites for hydroxylation is 2. The van der Waals surface area contributed by atoms with Gasteiger partial charge in [-0.1, -0.05) is 5.16 Å². The van der Waals surface area contributed by atoms with Crippen LogP contribution < -0.4 is 5.14 Å². The van der Waals surface area contributed by atoms with E-state index in [-0.39, 0.29) is 5.76 Å². The van der Waals surface area contributed by atoms with Gasteiger partial charge in [-0.3, -0.25) is 9.36 Å². The third kappa shape index (κ3) is 3.75. The van der Waals surface area contributed by atoms with E-state index in [0.717, 1.165) is 17.8 Å². The summed E-state index contributed by atoms with van der Waals surface area (Å²) >= 11 is 0. The van der Waals surface area contributed by atoms with Crippen LogP contribution in [0.15, 0.2) is 38.3 Å². The maximum absolute atomic E-state index is 12.5. The highest BCUT2D eigenvalue weighted by Gasteiger charge is 2.22. The second-order valence-corrected chi connectivity index (χ2v) is 7.57. The highest BCUT2D eigenvalue weighted by Crippen LogP contribution is 2.21. The predicted molar refractivity (Wildman–Crippen MR) is 94.7 cm³/mol. The number of hydrogen-bond acceptors (Lipinski definition) is 8. The number of rotatable bonds is 6. The zero-order chi connectivity index (χ0) is 20.6. The van der Waals surface area contributed by atoms with Gasteiger partial charge in [0.2, 0.25) is 16.6 Å². The summed E-state index contributed by atoms with van der Waals surface area (Å²) in [6.45, 7) is 4.74. The van der Waals surface area contributed by atoms with Crippen molar-refractivity contribution in [2.24, 2.45) is 5.14 Å². The van der Waals surface area contributed by atoms with Gasteiger partial charge in [0.05, 0.1) is 0 Å². The van der Waals surface area contributed by atoms with Crippen LogP contribution in [0.4, 0.5) is 0 Å². The number of ketones is 1. The van der Waals surface area contributed by atoms with E-state index in [0.29, 0.717) is 22.8 Å². The van der Waals surface area contributed by atoms with Crippen LogP contribution >= 0.6 is 0 Å². The van der Waals surface area contributed by atoms with Crippen LogP contribution in [-0.2, 0) is 14.8 Å². The van der Waals surface area contributed by atoms with Gasteiger partial charge < -0.3 is 13.7 Å². The number of primary sulfonamides is 1. The molecule has 0 spiro atoms. The highest BCUT2D eigenvalue weighted by atomic mass is 32.2.